The van der Waals surface area contributed by atoms with E-state index < -0.39 is 16.5 Å². The smallest absolute Gasteiger partial charge is 0.294 e. The second-order valence-electron chi connectivity index (χ2n) is 4.04. The van der Waals surface area contributed by atoms with Gasteiger partial charge in [-0.15, -0.1) is 11.3 Å². The molecule has 0 spiro atoms. The van der Waals surface area contributed by atoms with Crippen molar-refractivity contribution in [3.05, 3.63) is 54.2 Å². The number of nitrogens with one attached hydrogen (secondary N) is 1. The predicted octanol–water partition coefficient (Wildman–Crippen LogP) is 3.48. The van der Waals surface area contributed by atoms with E-state index >= 15 is 0 Å². The van der Waals surface area contributed by atoms with Crippen LogP contribution in [-0.4, -0.2) is 10.8 Å². The zero-order valence-corrected chi connectivity index (χ0v) is 12.8. The van der Waals surface area contributed by atoms with Crippen molar-refractivity contribution in [1.82, 2.24) is 5.32 Å². The molecule has 0 unspecified atom stereocenters. The highest BCUT2D eigenvalue weighted by atomic mass is 35.5. The van der Waals surface area contributed by atoms with Crippen LogP contribution in [0.25, 0.3) is 0 Å². The van der Waals surface area contributed by atoms with Crippen molar-refractivity contribution in [2.75, 3.05) is 5.73 Å². The number of thiophene rings is 1. The lowest BCUT2D eigenvalue weighted by Crippen LogP contribution is -2.22. The van der Waals surface area contributed by atoms with E-state index in [2.05, 4.69) is 5.32 Å². The Labute approximate surface area is 133 Å². The molecular weight excluding hydrogens is 337 g/mol. The average molecular weight is 346 g/mol. The number of amides is 1. The molecule has 1 amide bonds. The van der Waals surface area contributed by atoms with E-state index in [1.165, 1.54) is 17.4 Å². The lowest BCUT2D eigenvalue weighted by atomic mass is 10.1. The van der Waals surface area contributed by atoms with Gasteiger partial charge in [0.15, 0.2) is 0 Å². The fourth-order valence-electron chi connectivity index (χ4n) is 1.60. The van der Waals surface area contributed by atoms with Crippen molar-refractivity contribution in [2.24, 2.45) is 0 Å². The number of hydrogen-bond donors (Lipinski definition) is 2. The normalized spacial score (nSPS) is 10.4. The first kappa shape index (κ1) is 15.6. The van der Waals surface area contributed by atoms with Gasteiger partial charge in [0.25, 0.3) is 11.6 Å². The van der Waals surface area contributed by atoms with Crippen molar-refractivity contribution in [3.63, 3.8) is 0 Å². The Morgan fingerprint density at radius 1 is 1.38 bits per heavy atom. The number of halogens is 2. The van der Waals surface area contributed by atoms with Crippen LogP contribution in [0.1, 0.15) is 15.2 Å². The third-order valence-electron chi connectivity index (χ3n) is 2.62. The molecule has 1 aromatic heterocycles. The zero-order chi connectivity index (χ0) is 15.6. The second-order valence-corrected chi connectivity index (χ2v) is 6.24. The molecule has 21 heavy (non-hydrogen) atoms. The standard InChI is InChI=1S/C12H9Cl2N3O3S/c13-8-3-6(4-9(11(8)15)17(19)20)12(18)16-5-7-1-2-10(14)21-7/h1-4H,5,15H2,(H,16,18). The predicted molar refractivity (Wildman–Crippen MR) is 83.0 cm³/mol. The SMILES string of the molecule is Nc1c(Cl)cc(C(=O)NCc2ccc(Cl)s2)cc1[N+](=O)[O-]. The number of nitrogens with zero attached hydrogens (tertiary/aromatic N) is 1. The number of carbonyl (C=O) groups is 1. The quantitative estimate of drug-likeness (QED) is 0.503. The van der Waals surface area contributed by atoms with E-state index in [1.54, 1.807) is 12.1 Å². The third kappa shape index (κ3) is 3.63. The number of nitrogens with two attached hydrogens (primary N) is 1. The van der Waals surface area contributed by atoms with E-state index in [9.17, 15) is 14.9 Å². The number of rotatable bonds is 4. The van der Waals surface area contributed by atoms with Gasteiger partial charge in [-0.2, -0.15) is 0 Å². The van der Waals surface area contributed by atoms with Crippen molar-refractivity contribution in [3.8, 4) is 0 Å². The highest BCUT2D eigenvalue weighted by Crippen LogP contribution is 2.30. The van der Waals surface area contributed by atoms with Gasteiger partial charge in [0.05, 0.1) is 20.8 Å². The van der Waals surface area contributed by atoms with Crippen LogP contribution in [-0.2, 0) is 6.54 Å². The van der Waals surface area contributed by atoms with Crippen molar-refractivity contribution in [2.45, 2.75) is 6.54 Å². The number of carbonyl (C=O) groups excluding carboxylic acids is 1. The van der Waals surface area contributed by atoms with Crippen LogP contribution in [0.3, 0.4) is 0 Å². The molecule has 0 aliphatic carbocycles. The van der Waals surface area contributed by atoms with Gasteiger partial charge in [0.2, 0.25) is 0 Å². The maximum Gasteiger partial charge on any atom is 0.294 e. The molecule has 2 rings (SSSR count). The van der Waals surface area contributed by atoms with Gasteiger partial charge in [-0.25, -0.2) is 0 Å². The summed E-state index contributed by atoms with van der Waals surface area (Å²) in [5, 5.41) is 13.5. The monoisotopic (exact) mass is 345 g/mol. The highest BCUT2D eigenvalue weighted by molar-refractivity contribution is 7.16. The van der Waals surface area contributed by atoms with Gasteiger partial charge in [-0.3, -0.25) is 14.9 Å². The summed E-state index contributed by atoms with van der Waals surface area (Å²) in [6.07, 6.45) is 0. The van der Waals surface area contributed by atoms with Crippen LogP contribution < -0.4 is 11.1 Å². The Morgan fingerprint density at radius 2 is 2.10 bits per heavy atom. The van der Waals surface area contributed by atoms with Gasteiger partial charge < -0.3 is 11.1 Å². The fourth-order valence-corrected chi connectivity index (χ4v) is 2.84. The minimum atomic E-state index is -0.683. The fraction of sp³-hybridized carbons (Fsp3) is 0.0833. The number of nitro groups is 1. The Bertz CT molecular complexity index is 718. The number of nitro benzene ring substituents is 1. The topological polar surface area (TPSA) is 98.3 Å². The second kappa shape index (κ2) is 6.30. The van der Waals surface area contributed by atoms with Crippen LogP contribution in [0, 0.1) is 10.1 Å². The molecule has 2 aromatic rings. The largest absolute Gasteiger partial charge is 0.392 e. The molecular formula is C12H9Cl2N3O3S. The summed E-state index contributed by atoms with van der Waals surface area (Å²) in [7, 11) is 0. The summed E-state index contributed by atoms with van der Waals surface area (Å²) in [6.45, 7) is 0.270. The molecule has 0 bridgehead atoms. The highest BCUT2D eigenvalue weighted by Gasteiger charge is 2.19. The van der Waals surface area contributed by atoms with E-state index in [-0.39, 0.29) is 22.8 Å². The molecule has 0 aliphatic rings. The summed E-state index contributed by atoms with van der Waals surface area (Å²) in [4.78, 5) is 23.0. The van der Waals surface area contributed by atoms with E-state index in [0.29, 0.717) is 4.34 Å². The van der Waals surface area contributed by atoms with Crippen LogP contribution in [0.5, 0.6) is 0 Å². The number of anilines is 1. The molecule has 6 nitrogen and oxygen atoms in total. The molecule has 0 saturated heterocycles. The van der Waals surface area contributed by atoms with E-state index in [0.717, 1.165) is 10.9 Å². The first-order chi connectivity index (χ1) is 9.88. The molecule has 1 aromatic carbocycles. The molecule has 110 valence electrons. The lowest BCUT2D eigenvalue weighted by Gasteiger charge is -2.06. The van der Waals surface area contributed by atoms with Crippen LogP contribution in [0.2, 0.25) is 9.36 Å². The zero-order valence-electron chi connectivity index (χ0n) is 10.4. The van der Waals surface area contributed by atoms with Crippen molar-refractivity contribution >= 4 is 51.8 Å². The Morgan fingerprint density at radius 3 is 2.67 bits per heavy atom. The molecule has 0 saturated carbocycles. The van der Waals surface area contributed by atoms with E-state index in [4.69, 9.17) is 28.9 Å². The first-order valence-electron chi connectivity index (χ1n) is 5.64. The summed E-state index contributed by atoms with van der Waals surface area (Å²) in [5.41, 5.74) is 5.01. The number of hydrogen-bond acceptors (Lipinski definition) is 5. The molecule has 9 heteroatoms. The molecule has 3 N–H and O–H groups in total. The first-order valence-corrected chi connectivity index (χ1v) is 7.21. The van der Waals surface area contributed by atoms with Gasteiger partial charge in [-0.1, -0.05) is 23.2 Å². The lowest BCUT2D eigenvalue weighted by molar-refractivity contribution is -0.383. The third-order valence-corrected chi connectivity index (χ3v) is 4.16. The van der Waals surface area contributed by atoms with Crippen molar-refractivity contribution in [1.29, 1.82) is 0 Å². The van der Waals surface area contributed by atoms with Gasteiger partial charge in [-0.05, 0) is 18.2 Å². The number of nitrogen functional groups attached to an aromatic ring is 1. The Kier molecular flexibility index (Phi) is 4.66. The summed E-state index contributed by atoms with van der Waals surface area (Å²) >= 11 is 12.9. The van der Waals surface area contributed by atoms with Gasteiger partial charge in [0.1, 0.15) is 5.69 Å². The molecule has 0 atom stereocenters. The summed E-state index contributed by atoms with van der Waals surface area (Å²) in [5.74, 6) is -0.482. The Balaban J connectivity index is 2.17. The maximum absolute atomic E-state index is 12.0. The van der Waals surface area contributed by atoms with Gasteiger partial charge in [0, 0.05) is 16.5 Å². The van der Waals surface area contributed by atoms with E-state index in [1.807, 2.05) is 0 Å². The number of benzene rings is 1. The molecule has 0 radical (unpaired) electrons. The Hall–Kier alpha value is -1.83. The minimum absolute atomic E-state index is 0.0338. The van der Waals surface area contributed by atoms with Crippen molar-refractivity contribution < 1.29 is 9.72 Å². The minimum Gasteiger partial charge on any atom is -0.392 e. The molecule has 0 fully saturated rings. The summed E-state index contributed by atoms with van der Waals surface area (Å²) < 4.78 is 0.616. The summed E-state index contributed by atoms with van der Waals surface area (Å²) in [6, 6.07) is 5.89. The average Bonchev–Trinajstić information content (AvgIpc) is 2.84. The molecule has 0 aliphatic heterocycles. The maximum atomic E-state index is 12.0. The van der Waals surface area contributed by atoms with Crippen LogP contribution in [0.4, 0.5) is 11.4 Å². The molecule has 1 heterocycles. The van der Waals surface area contributed by atoms with Crippen LogP contribution >= 0.6 is 34.5 Å². The van der Waals surface area contributed by atoms with Gasteiger partial charge >= 0.3 is 0 Å². The van der Waals surface area contributed by atoms with Crippen LogP contribution in [0.15, 0.2) is 24.3 Å².